The number of methoxy groups -OCH3 is 1. The zero-order valence-corrected chi connectivity index (χ0v) is 15.8. The van der Waals surface area contributed by atoms with Gasteiger partial charge in [0, 0.05) is 19.1 Å². The molecule has 0 aromatic heterocycles. The Labute approximate surface area is 150 Å². The third-order valence-electron chi connectivity index (χ3n) is 4.20. The first kappa shape index (κ1) is 21.2. The largest absolute Gasteiger partial charge is 0.494 e. The van der Waals surface area contributed by atoms with E-state index in [-0.39, 0.29) is 22.7 Å². The minimum absolute atomic E-state index is 0. The zero-order chi connectivity index (χ0) is 16.8. The molecule has 1 aromatic carbocycles. The highest BCUT2D eigenvalue weighted by atomic mass is 35.5. The standard InChI is InChI=1S/C16H26N2O4S.ClH/c1-3-22-14-4-6-15(7-5-14)23(19,20)18-12-16(13-21-2)8-10-17-11-9-16;/h4-7,17-18H,3,8-13H2,1-2H3;1H. The van der Waals surface area contributed by atoms with Crippen LogP contribution in [0.1, 0.15) is 19.8 Å². The topological polar surface area (TPSA) is 76.7 Å². The minimum Gasteiger partial charge on any atom is -0.494 e. The summed E-state index contributed by atoms with van der Waals surface area (Å²) in [7, 11) is -1.87. The van der Waals surface area contributed by atoms with Crippen molar-refractivity contribution >= 4 is 22.4 Å². The maximum Gasteiger partial charge on any atom is 0.240 e. The van der Waals surface area contributed by atoms with Crippen molar-refractivity contribution < 1.29 is 17.9 Å². The molecule has 0 radical (unpaired) electrons. The molecule has 6 nitrogen and oxygen atoms in total. The van der Waals surface area contributed by atoms with E-state index in [1.165, 1.54) is 0 Å². The van der Waals surface area contributed by atoms with Crippen molar-refractivity contribution in [3.05, 3.63) is 24.3 Å². The Morgan fingerprint density at radius 2 is 1.83 bits per heavy atom. The predicted molar refractivity (Wildman–Crippen MR) is 96.5 cm³/mol. The lowest BCUT2D eigenvalue weighted by molar-refractivity contribution is 0.0577. The van der Waals surface area contributed by atoms with E-state index in [4.69, 9.17) is 9.47 Å². The van der Waals surface area contributed by atoms with Gasteiger partial charge in [0.05, 0.1) is 18.1 Å². The van der Waals surface area contributed by atoms with Gasteiger partial charge in [-0.1, -0.05) is 0 Å². The lowest BCUT2D eigenvalue weighted by Crippen LogP contribution is -2.47. The van der Waals surface area contributed by atoms with Crippen LogP contribution in [0.5, 0.6) is 5.75 Å². The number of hydrogen-bond donors (Lipinski definition) is 2. The van der Waals surface area contributed by atoms with Crippen LogP contribution in [-0.4, -0.2) is 48.4 Å². The lowest BCUT2D eigenvalue weighted by Gasteiger charge is -2.37. The SMILES string of the molecule is CCOc1ccc(S(=O)(=O)NCC2(COC)CCNCC2)cc1.Cl. The highest BCUT2D eigenvalue weighted by Gasteiger charge is 2.33. The summed E-state index contributed by atoms with van der Waals surface area (Å²) in [5.41, 5.74) is -0.141. The summed E-state index contributed by atoms with van der Waals surface area (Å²) >= 11 is 0. The summed E-state index contributed by atoms with van der Waals surface area (Å²) in [6, 6.07) is 6.48. The summed E-state index contributed by atoms with van der Waals surface area (Å²) in [5, 5.41) is 3.30. The Kier molecular flexibility index (Phi) is 8.45. The molecule has 0 atom stereocenters. The van der Waals surface area contributed by atoms with Crippen molar-refractivity contribution in [3.8, 4) is 5.75 Å². The van der Waals surface area contributed by atoms with Gasteiger partial charge in [0.2, 0.25) is 10.0 Å². The van der Waals surface area contributed by atoms with Crippen LogP contribution >= 0.6 is 12.4 Å². The molecule has 1 fully saturated rings. The highest BCUT2D eigenvalue weighted by Crippen LogP contribution is 2.29. The molecule has 0 unspecified atom stereocenters. The van der Waals surface area contributed by atoms with Gasteiger partial charge in [0.15, 0.2) is 0 Å². The van der Waals surface area contributed by atoms with Gasteiger partial charge in [-0.3, -0.25) is 0 Å². The van der Waals surface area contributed by atoms with Crippen LogP contribution in [0.25, 0.3) is 0 Å². The average molecular weight is 379 g/mol. The molecule has 24 heavy (non-hydrogen) atoms. The molecular weight excluding hydrogens is 352 g/mol. The Morgan fingerprint density at radius 3 is 2.38 bits per heavy atom. The first-order valence-corrected chi connectivity index (χ1v) is 9.42. The smallest absolute Gasteiger partial charge is 0.240 e. The number of nitrogens with one attached hydrogen (secondary N) is 2. The Balaban J connectivity index is 0.00000288. The van der Waals surface area contributed by atoms with E-state index < -0.39 is 10.0 Å². The van der Waals surface area contributed by atoms with E-state index in [9.17, 15) is 8.42 Å². The molecule has 1 aromatic rings. The first-order chi connectivity index (χ1) is 11.0. The maximum atomic E-state index is 12.5. The van der Waals surface area contributed by atoms with Gasteiger partial charge >= 0.3 is 0 Å². The molecule has 8 heteroatoms. The van der Waals surface area contributed by atoms with E-state index in [1.807, 2.05) is 6.92 Å². The second-order valence-electron chi connectivity index (χ2n) is 5.91. The molecule has 2 rings (SSSR count). The van der Waals surface area contributed by atoms with Crippen molar-refractivity contribution in [3.63, 3.8) is 0 Å². The Bertz CT molecular complexity index is 581. The van der Waals surface area contributed by atoms with Gasteiger partial charge < -0.3 is 14.8 Å². The number of benzene rings is 1. The molecule has 0 saturated carbocycles. The summed E-state index contributed by atoms with van der Waals surface area (Å²) in [6.07, 6.45) is 1.79. The van der Waals surface area contributed by atoms with Crippen LogP contribution in [0.2, 0.25) is 0 Å². The molecule has 0 amide bonds. The van der Waals surface area contributed by atoms with Gasteiger partial charge in [-0.15, -0.1) is 12.4 Å². The quantitative estimate of drug-likeness (QED) is 0.721. The van der Waals surface area contributed by atoms with Crippen LogP contribution in [0, 0.1) is 5.41 Å². The van der Waals surface area contributed by atoms with Crippen molar-refractivity contribution in [1.82, 2.24) is 10.0 Å². The fourth-order valence-corrected chi connectivity index (χ4v) is 4.01. The number of hydrogen-bond acceptors (Lipinski definition) is 5. The predicted octanol–water partition coefficient (Wildman–Crippen LogP) is 1.80. The first-order valence-electron chi connectivity index (χ1n) is 7.93. The second kappa shape index (κ2) is 9.58. The monoisotopic (exact) mass is 378 g/mol. The fourth-order valence-electron chi connectivity index (χ4n) is 2.85. The van der Waals surface area contributed by atoms with Gasteiger partial charge in [-0.25, -0.2) is 13.1 Å². The highest BCUT2D eigenvalue weighted by molar-refractivity contribution is 7.89. The van der Waals surface area contributed by atoms with Crippen LogP contribution < -0.4 is 14.8 Å². The van der Waals surface area contributed by atoms with E-state index >= 15 is 0 Å². The molecule has 2 N–H and O–H groups in total. The molecule has 1 heterocycles. The van der Waals surface area contributed by atoms with Crippen molar-refractivity contribution in [1.29, 1.82) is 0 Å². The average Bonchev–Trinajstić information content (AvgIpc) is 2.55. The van der Waals surface area contributed by atoms with Crippen LogP contribution in [0.4, 0.5) is 0 Å². The van der Waals surface area contributed by atoms with Crippen LogP contribution in [0.3, 0.4) is 0 Å². The third kappa shape index (κ3) is 5.60. The van der Waals surface area contributed by atoms with Crippen LogP contribution in [-0.2, 0) is 14.8 Å². The van der Waals surface area contributed by atoms with Crippen LogP contribution in [0.15, 0.2) is 29.2 Å². The summed E-state index contributed by atoms with van der Waals surface area (Å²) in [4.78, 5) is 0.252. The maximum absolute atomic E-state index is 12.5. The van der Waals surface area contributed by atoms with E-state index in [0.717, 1.165) is 25.9 Å². The van der Waals surface area contributed by atoms with Gasteiger partial charge in [0.25, 0.3) is 0 Å². The van der Waals surface area contributed by atoms with Crippen molar-refractivity contribution in [2.45, 2.75) is 24.7 Å². The van der Waals surface area contributed by atoms with Crippen molar-refractivity contribution in [2.24, 2.45) is 5.41 Å². The van der Waals surface area contributed by atoms with Gasteiger partial charge in [0.1, 0.15) is 5.75 Å². The zero-order valence-electron chi connectivity index (χ0n) is 14.2. The number of ether oxygens (including phenoxy) is 2. The molecule has 1 aliphatic rings. The van der Waals surface area contributed by atoms with Crippen molar-refractivity contribution in [2.75, 3.05) is 40.0 Å². The van der Waals surface area contributed by atoms with E-state index in [2.05, 4.69) is 10.0 Å². The summed E-state index contributed by atoms with van der Waals surface area (Å²) in [5.74, 6) is 0.667. The third-order valence-corrected chi connectivity index (χ3v) is 5.61. The molecule has 0 aliphatic carbocycles. The molecule has 1 aliphatic heterocycles. The van der Waals surface area contributed by atoms with Gasteiger partial charge in [-0.2, -0.15) is 0 Å². The number of sulfonamides is 1. The fraction of sp³-hybridized carbons (Fsp3) is 0.625. The molecule has 0 bridgehead atoms. The Hall–Kier alpha value is -0.860. The number of halogens is 1. The molecule has 0 spiro atoms. The van der Waals surface area contributed by atoms with Gasteiger partial charge in [-0.05, 0) is 57.1 Å². The number of rotatable bonds is 8. The Morgan fingerprint density at radius 1 is 1.21 bits per heavy atom. The van der Waals surface area contributed by atoms with E-state index in [0.29, 0.717) is 25.5 Å². The molecule has 1 saturated heterocycles. The summed E-state index contributed by atoms with van der Waals surface area (Å²) < 4.78 is 38.4. The lowest BCUT2D eigenvalue weighted by atomic mass is 9.80. The van der Waals surface area contributed by atoms with E-state index in [1.54, 1.807) is 31.4 Å². The minimum atomic E-state index is -3.53. The normalized spacial score (nSPS) is 17.1. The number of piperidine rings is 1. The molecule has 138 valence electrons. The second-order valence-corrected chi connectivity index (χ2v) is 7.68. The summed E-state index contributed by atoms with van der Waals surface area (Å²) in [6.45, 7) is 5.15. The molecular formula is C16H27ClN2O4S.